The van der Waals surface area contributed by atoms with Gasteiger partial charge in [-0.15, -0.1) is 10.2 Å². The van der Waals surface area contributed by atoms with Crippen molar-refractivity contribution in [2.75, 3.05) is 6.54 Å². The monoisotopic (exact) mass is 264 g/mol. The van der Waals surface area contributed by atoms with Gasteiger partial charge in [0.15, 0.2) is 5.82 Å². The number of aromatic nitrogens is 3. The van der Waals surface area contributed by atoms with Gasteiger partial charge in [-0.05, 0) is 37.1 Å². The summed E-state index contributed by atoms with van der Waals surface area (Å²) in [7, 11) is 0. The molecule has 19 heavy (non-hydrogen) atoms. The quantitative estimate of drug-likeness (QED) is 0.899. The Labute approximate surface area is 109 Å². The topological polar surface area (TPSA) is 56.7 Å². The number of rotatable bonds is 2. The first kappa shape index (κ1) is 12.2. The van der Waals surface area contributed by atoms with E-state index in [1.807, 2.05) is 4.57 Å². The van der Waals surface area contributed by atoms with Crippen LogP contribution < -0.4 is 5.73 Å². The van der Waals surface area contributed by atoms with Crippen molar-refractivity contribution in [3.05, 3.63) is 35.7 Å². The molecule has 1 unspecified atom stereocenters. The number of benzene rings is 1. The second kappa shape index (κ2) is 4.70. The summed E-state index contributed by atoms with van der Waals surface area (Å²) >= 11 is 0. The fourth-order valence-corrected chi connectivity index (χ4v) is 2.46. The van der Waals surface area contributed by atoms with Crippen molar-refractivity contribution >= 4 is 0 Å². The van der Waals surface area contributed by atoms with Gasteiger partial charge in [-0.1, -0.05) is 0 Å². The normalized spacial score (nSPS) is 18.4. The van der Waals surface area contributed by atoms with Crippen LogP contribution in [-0.2, 0) is 13.0 Å². The summed E-state index contributed by atoms with van der Waals surface area (Å²) in [5.41, 5.74) is 5.83. The summed E-state index contributed by atoms with van der Waals surface area (Å²) < 4.78 is 28.9. The first-order chi connectivity index (χ1) is 9.19. The molecule has 0 fully saturated rings. The van der Waals surface area contributed by atoms with E-state index in [4.69, 9.17) is 5.73 Å². The lowest BCUT2D eigenvalue weighted by Gasteiger charge is -2.23. The zero-order valence-electron chi connectivity index (χ0n) is 10.3. The van der Waals surface area contributed by atoms with E-state index >= 15 is 0 Å². The lowest BCUT2D eigenvalue weighted by molar-refractivity contribution is 0.375. The van der Waals surface area contributed by atoms with Crippen molar-refractivity contribution in [3.63, 3.8) is 0 Å². The number of hydrogen-bond acceptors (Lipinski definition) is 3. The minimum absolute atomic E-state index is 0.149. The van der Waals surface area contributed by atoms with Gasteiger partial charge < -0.3 is 10.3 Å². The molecule has 0 spiro atoms. The van der Waals surface area contributed by atoms with E-state index in [0.717, 1.165) is 36.9 Å². The largest absolute Gasteiger partial charge is 0.330 e. The second-order valence-corrected chi connectivity index (χ2v) is 4.82. The highest BCUT2D eigenvalue weighted by atomic mass is 19.1. The van der Waals surface area contributed by atoms with E-state index in [-0.39, 0.29) is 5.56 Å². The Bertz CT molecular complexity index is 609. The van der Waals surface area contributed by atoms with Crippen LogP contribution in [0.4, 0.5) is 8.78 Å². The van der Waals surface area contributed by atoms with Crippen molar-refractivity contribution in [1.82, 2.24) is 14.8 Å². The molecule has 6 heteroatoms. The molecule has 1 aliphatic rings. The number of halogens is 2. The third-order valence-electron chi connectivity index (χ3n) is 3.55. The summed E-state index contributed by atoms with van der Waals surface area (Å²) in [5.74, 6) is 0.541. The Balaban J connectivity index is 2.07. The average molecular weight is 264 g/mol. The van der Waals surface area contributed by atoms with E-state index in [2.05, 4.69) is 10.2 Å². The molecule has 1 aliphatic heterocycles. The van der Waals surface area contributed by atoms with Gasteiger partial charge in [0.05, 0.1) is 5.56 Å². The number of aryl methyl sites for hydroxylation is 1. The molecular weight excluding hydrogens is 250 g/mol. The van der Waals surface area contributed by atoms with Gasteiger partial charge in [0.2, 0.25) is 0 Å². The number of nitrogens with two attached hydrogens (primary N) is 1. The molecule has 2 aromatic rings. The molecule has 2 N–H and O–H groups in total. The van der Waals surface area contributed by atoms with Crippen LogP contribution >= 0.6 is 0 Å². The third kappa shape index (κ3) is 2.12. The van der Waals surface area contributed by atoms with Crippen LogP contribution in [0, 0.1) is 17.6 Å². The van der Waals surface area contributed by atoms with Crippen molar-refractivity contribution < 1.29 is 8.78 Å². The van der Waals surface area contributed by atoms with Crippen molar-refractivity contribution in [1.29, 1.82) is 0 Å². The molecule has 0 amide bonds. The van der Waals surface area contributed by atoms with E-state index in [1.54, 1.807) is 0 Å². The lowest BCUT2D eigenvalue weighted by atomic mass is 9.99. The Morgan fingerprint density at radius 3 is 2.95 bits per heavy atom. The van der Waals surface area contributed by atoms with Crippen LogP contribution in [0.3, 0.4) is 0 Å². The molecule has 0 radical (unpaired) electrons. The van der Waals surface area contributed by atoms with Crippen LogP contribution in [0.5, 0.6) is 0 Å². The van der Waals surface area contributed by atoms with E-state index < -0.39 is 11.6 Å². The van der Waals surface area contributed by atoms with E-state index in [1.165, 1.54) is 0 Å². The molecule has 0 bridgehead atoms. The fraction of sp³-hybridized carbons (Fsp3) is 0.385. The predicted molar refractivity (Wildman–Crippen MR) is 66.2 cm³/mol. The molecular formula is C13H14F2N4. The zero-order valence-corrected chi connectivity index (χ0v) is 10.3. The van der Waals surface area contributed by atoms with Crippen LogP contribution in [0.15, 0.2) is 18.2 Å². The lowest BCUT2D eigenvalue weighted by Crippen LogP contribution is -2.26. The maximum atomic E-state index is 13.8. The highest BCUT2D eigenvalue weighted by Gasteiger charge is 2.24. The van der Waals surface area contributed by atoms with Crippen LogP contribution in [0.25, 0.3) is 11.4 Å². The molecule has 1 aromatic heterocycles. The van der Waals surface area contributed by atoms with Gasteiger partial charge in [0.1, 0.15) is 17.5 Å². The van der Waals surface area contributed by atoms with Crippen molar-refractivity contribution in [3.8, 4) is 11.4 Å². The van der Waals surface area contributed by atoms with Gasteiger partial charge in [-0.2, -0.15) is 0 Å². The highest BCUT2D eigenvalue weighted by Crippen LogP contribution is 2.27. The molecule has 0 saturated heterocycles. The fourth-order valence-electron chi connectivity index (χ4n) is 2.46. The van der Waals surface area contributed by atoms with Gasteiger partial charge >= 0.3 is 0 Å². The Hall–Kier alpha value is -1.82. The maximum absolute atomic E-state index is 13.8. The van der Waals surface area contributed by atoms with Crippen molar-refractivity contribution in [2.45, 2.75) is 19.4 Å². The van der Waals surface area contributed by atoms with Gasteiger partial charge in [0, 0.05) is 13.0 Å². The number of nitrogens with zero attached hydrogens (tertiary/aromatic N) is 3. The smallest absolute Gasteiger partial charge is 0.167 e. The average Bonchev–Trinajstić information content (AvgIpc) is 2.84. The SMILES string of the molecule is NCC1CCc2nnc(-c3cc(F)ccc3F)n2C1. The summed E-state index contributed by atoms with van der Waals surface area (Å²) in [4.78, 5) is 0. The van der Waals surface area contributed by atoms with Gasteiger partial charge in [-0.25, -0.2) is 8.78 Å². The molecule has 1 aromatic carbocycles. The first-order valence-electron chi connectivity index (χ1n) is 6.26. The summed E-state index contributed by atoms with van der Waals surface area (Å²) in [6.07, 6.45) is 1.73. The van der Waals surface area contributed by atoms with Crippen LogP contribution in [-0.4, -0.2) is 21.3 Å². The standard InChI is InChI=1S/C13H14F2N4/c14-9-2-3-11(15)10(5-9)13-18-17-12-4-1-8(6-16)7-19(12)13/h2-3,5,8H,1,4,6-7,16H2. The summed E-state index contributed by atoms with van der Waals surface area (Å²) in [6.45, 7) is 1.23. The molecule has 100 valence electrons. The first-order valence-corrected chi connectivity index (χ1v) is 6.26. The third-order valence-corrected chi connectivity index (χ3v) is 3.55. The Morgan fingerprint density at radius 1 is 1.32 bits per heavy atom. The van der Waals surface area contributed by atoms with Gasteiger partial charge in [0.25, 0.3) is 0 Å². The minimum atomic E-state index is -0.494. The van der Waals surface area contributed by atoms with Gasteiger partial charge in [-0.3, -0.25) is 0 Å². The number of fused-ring (bicyclic) bond motifs is 1. The molecule has 0 saturated carbocycles. The predicted octanol–water partition coefficient (Wildman–Crippen LogP) is 1.74. The molecule has 0 aliphatic carbocycles. The van der Waals surface area contributed by atoms with Crippen molar-refractivity contribution in [2.24, 2.45) is 11.7 Å². The molecule has 1 atom stereocenters. The summed E-state index contributed by atoms with van der Waals surface area (Å²) in [6, 6.07) is 3.35. The second-order valence-electron chi connectivity index (χ2n) is 4.82. The Morgan fingerprint density at radius 2 is 2.16 bits per heavy atom. The zero-order chi connectivity index (χ0) is 13.4. The van der Waals surface area contributed by atoms with E-state index in [9.17, 15) is 8.78 Å². The molecule has 4 nitrogen and oxygen atoms in total. The van der Waals surface area contributed by atoms with E-state index in [0.29, 0.717) is 24.8 Å². The van der Waals surface area contributed by atoms with Crippen LogP contribution in [0.2, 0.25) is 0 Å². The Kier molecular flexibility index (Phi) is 3.02. The molecule has 3 rings (SSSR count). The van der Waals surface area contributed by atoms with Crippen LogP contribution in [0.1, 0.15) is 12.2 Å². The maximum Gasteiger partial charge on any atom is 0.167 e. The highest BCUT2D eigenvalue weighted by molar-refractivity contribution is 5.56. The summed E-state index contributed by atoms with van der Waals surface area (Å²) in [5, 5.41) is 8.06. The number of hydrogen-bond donors (Lipinski definition) is 1. The molecule has 2 heterocycles. The minimum Gasteiger partial charge on any atom is -0.330 e.